The van der Waals surface area contributed by atoms with Crippen molar-refractivity contribution in [2.75, 3.05) is 11.9 Å². The van der Waals surface area contributed by atoms with Gasteiger partial charge in [0.25, 0.3) is 0 Å². The molecule has 1 fully saturated rings. The Morgan fingerprint density at radius 1 is 1.12 bits per heavy atom. The van der Waals surface area contributed by atoms with Gasteiger partial charge in [0.05, 0.1) is 6.04 Å². The van der Waals surface area contributed by atoms with Crippen LogP contribution in [0.2, 0.25) is 0 Å². The number of amides is 1. The average Bonchev–Trinajstić information content (AvgIpc) is 3.07. The number of anilines is 1. The van der Waals surface area contributed by atoms with Crippen molar-refractivity contribution in [1.82, 2.24) is 20.1 Å². The van der Waals surface area contributed by atoms with Gasteiger partial charge in [-0.1, -0.05) is 6.42 Å². The Hall–Kier alpha value is -2.21. The minimum absolute atomic E-state index is 0.0577. The van der Waals surface area contributed by atoms with Gasteiger partial charge in [0.1, 0.15) is 5.82 Å². The summed E-state index contributed by atoms with van der Waals surface area (Å²) in [6, 6.07) is 7.84. The highest BCUT2D eigenvalue weighted by molar-refractivity contribution is 5.95. The quantitative estimate of drug-likeness (QED) is 0.909. The number of carbonyl (C=O) groups is 1. The summed E-state index contributed by atoms with van der Waals surface area (Å²) in [4.78, 5) is 12.3. The third-order valence-corrected chi connectivity index (χ3v) is 4.90. The molecule has 0 saturated carbocycles. The van der Waals surface area contributed by atoms with E-state index in [0.29, 0.717) is 0 Å². The van der Waals surface area contributed by atoms with Crippen molar-refractivity contribution in [3.8, 4) is 11.4 Å². The summed E-state index contributed by atoms with van der Waals surface area (Å²) in [5, 5.41) is 14.9. The van der Waals surface area contributed by atoms with E-state index in [2.05, 4.69) is 25.4 Å². The third kappa shape index (κ3) is 3.06. The van der Waals surface area contributed by atoms with E-state index in [1.807, 2.05) is 24.3 Å². The van der Waals surface area contributed by atoms with Crippen LogP contribution >= 0.6 is 0 Å². The van der Waals surface area contributed by atoms with Crippen LogP contribution in [0.25, 0.3) is 11.4 Å². The van der Waals surface area contributed by atoms with Crippen molar-refractivity contribution >= 4 is 11.6 Å². The molecular weight excluding hydrogens is 302 g/mol. The maximum absolute atomic E-state index is 12.3. The van der Waals surface area contributed by atoms with E-state index < -0.39 is 0 Å². The number of aryl methyl sites for hydroxylation is 1. The Bertz CT molecular complexity index is 716. The summed E-state index contributed by atoms with van der Waals surface area (Å²) < 4.78 is 2.21. The average molecular weight is 325 g/mol. The summed E-state index contributed by atoms with van der Waals surface area (Å²) in [5.74, 6) is 2.07. The summed E-state index contributed by atoms with van der Waals surface area (Å²) in [7, 11) is 0. The van der Waals surface area contributed by atoms with Crippen LogP contribution in [0, 0.1) is 0 Å². The van der Waals surface area contributed by atoms with Crippen LogP contribution in [0.4, 0.5) is 5.69 Å². The largest absolute Gasteiger partial charge is 0.325 e. The predicted octanol–water partition coefficient (Wildman–Crippen LogP) is 2.36. The van der Waals surface area contributed by atoms with Gasteiger partial charge in [-0.05, 0) is 56.5 Å². The van der Waals surface area contributed by atoms with Crippen LogP contribution in [0.15, 0.2) is 24.3 Å². The maximum Gasteiger partial charge on any atom is 0.241 e. The van der Waals surface area contributed by atoms with Crippen molar-refractivity contribution in [3.63, 3.8) is 0 Å². The van der Waals surface area contributed by atoms with Crippen LogP contribution in [0.3, 0.4) is 0 Å². The van der Waals surface area contributed by atoms with E-state index in [-0.39, 0.29) is 11.9 Å². The zero-order valence-corrected chi connectivity index (χ0v) is 13.8. The van der Waals surface area contributed by atoms with Gasteiger partial charge in [-0.25, -0.2) is 0 Å². The van der Waals surface area contributed by atoms with E-state index in [1.165, 1.54) is 12.8 Å². The molecule has 0 bridgehead atoms. The topological polar surface area (TPSA) is 71.8 Å². The molecule has 3 heterocycles. The number of rotatable bonds is 3. The van der Waals surface area contributed by atoms with Crippen LogP contribution < -0.4 is 10.6 Å². The van der Waals surface area contributed by atoms with Gasteiger partial charge >= 0.3 is 0 Å². The molecule has 0 radical (unpaired) electrons. The van der Waals surface area contributed by atoms with E-state index in [4.69, 9.17) is 0 Å². The number of fused-ring (bicyclic) bond motifs is 1. The predicted molar refractivity (Wildman–Crippen MR) is 92.7 cm³/mol. The molecule has 126 valence electrons. The molecule has 2 aromatic rings. The first-order valence-electron chi connectivity index (χ1n) is 8.88. The fourth-order valence-corrected chi connectivity index (χ4v) is 3.53. The van der Waals surface area contributed by atoms with Crippen LogP contribution in [0.5, 0.6) is 0 Å². The van der Waals surface area contributed by atoms with Crippen molar-refractivity contribution < 1.29 is 4.79 Å². The number of nitrogens with zero attached hydrogens (tertiary/aromatic N) is 3. The summed E-state index contributed by atoms with van der Waals surface area (Å²) in [5.41, 5.74) is 1.87. The lowest BCUT2D eigenvalue weighted by Crippen LogP contribution is -2.43. The van der Waals surface area contributed by atoms with Gasteiger partial charge in [-0.3, -0.25) is 4.79 Å². The van der Waals surface area contributed by atoms with Gasteiger partial charge < -0.3 is 15.2 Å². The van der Waals surface area contributed by atoms with Gasteiger partial charge in [0, 0.05) is 24.2 Å². The molecule has 6 heteroatoms. The molecule has 2 aliphatic rings. The minimum Gasteiger partial charge on any atom is -0.325 e. The fraction of sp³-hybridized carbons (Fsp3) is 0.500. The van der Waals surface area contributed by atoms with E-state index >= 15 is 0 Å². The standard InChI is InChI=1S/C18H23N5O/c24-18(15-5-1-3-11-19-15)20-14-9-7-13(8-10-14)17-22-21-16-6-2-4-12-23(16)17/h7-10,15,19H,1-6,11-12H2,(H,20,24)/t15-/m1/s1. The molecule has 1 atom stereocenters. The molecule has 2 N–H and O–H groups in total. The van der Waals surface area contributed by atoms with Crippen molar-refractivity contribution in [2.45, 2.75) is 51.1 Å². The lowest BCUT2D eigenvalue weighted by molar-refractivity contribution is -0.118. The zero-order valence-electron chi connectivity index (χ0n) is 13.8. The molecule has 1 saturated heterocycles. The number of hydrogen-bond donors (Lipinski definition) is 2. The number of piperidine rings is 1. The molecule has 2 aliphatic heterocycles. The molecule has 0 spiro atoms. The molecule has 0 aliphatic carbocycles. The lowest BCUT2D eigenvalue weighted by atomic mass is 10.0. The molecule has 6 nitrogen and oxygen atoms in total. The van der Waals surface area contributed by atoms with Gasteiger partial charge in [0.2, 0.25) is 5.91 Å². The molecule has 24 heavy (non-hydrogen) atoms. The van der Waals surface area contributed by atoms with Crippen molar-refractivity contribution in [1.29, 1.82) is 0 Å². The Balaban J connectivity index is 1.46. The van der Waals surface area contributed by atoms with Gasteiger partial charge in [0.15, 0.2) is 5.82 Å². The number of carbonyl (C=O) groups excluding carboxylic acids is 1. The SMILES string of the molecule is O=C(Nc1ccc(-c2nnc3n2CCCC3)cc1)[C@H]1CCCCN1. The number of aromatic nitrogens is 3. The minimum atomic E-state index is -0.0676. The normalized spacial score (nSPS) is 20.4. The Morgan fingerprint density at radius 3 is 2.79 bits per heavy atom. The molecule has 1 aromatic heterocycles. The maximum atomic E-state index is 12.3. The molecule has 1 aromatic carbocycles. The van der Waals surface area contributed by atoms with Crippen molar-refractivity contribution in [2.24, 2.45) is 0 Å². The summed E-state index contributed by atoms with van der Waals surface area (Å²) in [6.45, 7) is 1.92. The van der Waals surface area contributed by atoms with Gasteiger partial charge in [-0.15, -0.1) is 10.2 Å². The number of benzene rings is 1. The van der Waals surface area contributed by atoms with Crippen LogP contribution in [-0.4, -0.2) is 33.3 Å². The van der Waals surface area contributed by atoms with Crippen LogP contribution in [-0.2, 0) is 17.8 Å². The molecule has 0 unspecified atom stereocenters. The molecular formula is C18H23N5O. The first-order valence-corrected chi connectivity index (χ1v) is 8.88. The van der Waals surface area contributed by atoms with E-state index in [1.54, 1.807) is 0 Å². The van der Waals surface area contributed by atoms with E-state index in [0.717, 1.165) is 61.7 Å². The Labute approximate surface area is 141 Å². The highest BCUT2D eigenvalue weighted by Crippen LogP contribution is 2.24. The summed E-state index contributed by atoms with van der Waals surface area (Å²) >= 11 is 0. The number of hydrogen-bond acceptors (Lipinski definition) is 4. The highest BCUT2D eigenvalue weighted by Gasteiger charge is 2.21. The second-order valence-electron chi connectivity index (χ2n) is 6.62. The zero-order chi connectivity index (χ0) is 16.4. The monoisotopic (exact) mass is 325 g/mol. The number of nitrogens with one attached hydrogen (secondary N) is 2. The molecule has 4 rings (SSSR count). The first-order chi connectivity index (χ1) is 11.8. The third-order valence-electron chi connectivity index (χ3n) is 4.90. The highest BCUT2D eigenvalue weighted by atomic mass is 16.2. The van der Waals surface area contributed by atoms with Gasteiger partial charge in [-0.2, -0.15) is 0 Å². The summed E-state index contributed by atoms with van der Waals surface area (Å²) in [6.07, 6.45) is 6.56. The fourth-order valence-electron chi connectivity index (χ4n) is 3.53. The molecule has 1 amide bonds. The van der Waals surface area contributed by atoms with E-state index in [9.17, 15) is 4.79 Å². The smallest absolute Gasteiger partial charge is 0.241 e. The second kappa shape index (κ2) is 6.73. The lowest BCUT2D eigenvalue weighted by Gasteiger charge is -2.22. The van der Waals surface area contributed by atoms with Crippen LogP contribution in [0.1, 0.15) is 37.9 Å². The Kier molecular flexibility index (Phi) is 4.30. The second-order valence-corrected chi connectivity index (χ2v) is 6.62. The first kappa shape index (κ1) is 15.3. The Morgan fingerprint density at radius 2 is 2.00 bits per heavy atom. The van der Waals surface area contributed by atoms with Crippen molar-refractivity contribution in [3.05, 3.63) is 30.1 Å².